The molecule has 4 heterocycles. The zero-order valence-electron chi connectivity index (χ0n) is 24.4. The van der Waals surface area contributed by atoms with Crippen LogP contribution in [0.5, 0.6) is 0 Å². The van der Waals surface area contributed by atoms with E-state index in [1.54, 1.807) is 35.5 Å². The largest absolute Gasteiger partial charge is 0.335 e. The maximum Gasteiger partial charge on any atom is 0.265 e. The number of aryl methyl sites for hydroxylation is 1. The second-order valence-electron chi connectivity index (χ2n) is 10.6. The van der Waals surface area contributed by atoms with Crippen molar-refractivity contribution in [2.45, 2.75) is 56.9 Å². The van der Waals surface area contributed by atoms with Crippen LogP contribution in [0.1, 0.15) is 50.5 Å². The molecule has 2 N–H and O–H groups in total. The van der Waals surface area contributed by atoms with Gasteiger partial charge in [-0.05, 0) is 43.1 Å². The summed E-state index contributed by atoms with van der Waals surface area (Å²) in [4.78, 5) is 7.60. The van der Waals surface area contributed by atoms with Crippen molar-refractivity contribution in [1.29, 1.82) is 0 Å². The van der Waals surface area contributed by atoms with E-state index in [0.717, 1.165) is 61.4 Å². The Kier molecular flexibility index (Phi) is 10.4. The normalized spacial score (nSPS) is 16.3. The van der Waals surface area contributed by atoms with E-state index in [1.165, 1.54) is 0 Å². The van der Waals surface area contributed by atoms with E-state index in [1.807, 2.05) is 12.3 Å². The number of anilines is 1. The van der Waals surface area contributed by atoms with E-state index >= 15 is 0 Å². The van der Waals surface area contributed by atoms with Crippen LogP contribution in [0.2, 0.25) is 0 Å². The van der Waals surface area contributed by atoms with Gasteiger partial charge in [-0.2, -0.15) is 26.0 Å². The molecule has 0 spiro atoms. The number of nitrogens with zero attached hydrogens (tertiary/aromatic N) is 4. The lowest BCUT2D eigenvalue weighted by molar-refractivity contribution is -0.668. The third kappa shape index (κ3) is 8.43. The smallest absolute Gasteiger partial charge is 0.265 e. The number of thiazole rings is 1. The number of benzene rings is 1. The molecule has 0 fully saturated rings. The van der Waals surface area contributed by atoms with Crippen LogP contribution in [-0.2, 0) is 26.8 Å². The van der Waals surface area contributed by atoms with E-state index < -0.39 is 20.2 Å². The number of thioether (sulfide) groups is 1. The summed E-state index contributed by atoms with van der Waals surface area (Å²) in [6, 6.07) is 8.29. The number of aromatic nitrogens is 2. The molecule has 0 aliphatic carbocycles. The SMILES string of the molecule is CCCC(=Cc1sc2cnccc2[n+]1CCCS(=O)(=O)O)C=C1Sc2ccc([N+]3=CCC=C3)cc2N1CCCCS(=O)(=O)O. The lowest BCUT2D eigenvalue weighted by Gasteiger charge is -2.21. The Morgan fingerprint density at radius 2 is 1.89 bits per heavy atom. The monoisotopic (exact) mass is 676 g/mol. The molecule has 0 bridgehead atoms. The highest BCUT2D eigenvalue weighted by atomic mass is 32.2. The first-order valence-corrected chi connectivity index (χ1v) is 19.3. The van der Waals surface area contributed by atoms with Crippen molar-refractivity contribution in [2.75, 3.05) is 23.0 Å². The van der Waals surface area contributed by atoms with E-state index in [2.05, 4.69) is 68.6 Å². The van der Waals surface area contributed by atoms with E-state index in [-0.39, 0.29) is 17.9 Å². The van der Waals surface area contributed by atoms with Crippen LogP contribution >= 0.6 is 23.1 Å². The van der Waals surface area contributed by atoms with Gasteiger partial charge in [0.05, 0.1) is 28.4 Å². The molecular formula is C30H36N4O6S4+2. The number of fused-ring (bicyclic) bond motifs is 2. The highest BCUT2D eigenvalue weighted by Crippen LogP contribution is 2.48. The Morgan fingerprint density at radius 3 is 2.61 bits per heavy atom. The number of hydrogen-bond donors (Lipinski definition) is 2. The molecule has 5 rings (SSSR count). The molecule has 0 atom stereocenters. The van der Waals surface area contributed by atoms with Gasteiger partial charge in [0.15, 0.2) is 19.0 Å². The molecule has 0 unspecified atom stereocenters. The number of hydrogen-bond acceptors (Lipinski definition) is 8. The Hall–Kier alpha value is -2.88. The number of rotatable bonds is 14. The maximum absolute atomic E-state index is 11.4. The summed E-state index contributed by atoms with van der Waals surface area (Å²) in [5, 5.41) is 1.99. The van der Waals surface area contributed by atoms with Crippen LogP contribution < -0.4 is 9.47 Å². The lowest BCUT2D eigenvalue weighted by Crippen LogP contribution is -2.36. The minimum atomic E-state index is -4.06. The fourth-order valence-electron chi connectivity index (χ4n) is 5.24. The van der Waals surface area contributed by atoms with Crippen LogP contribution in [0.3, 0.4) is 0 Å². The number of pyridine rings is 1. The fourth-order valence-corrected chi connectivity index (χ4v) is 8.58. The van der Waals surface area contributed by atoms with Gasteiger partial charge >= 0.3 is 0 Å². The van der Waals surface area contributed by atoms with Gasteiger partial charge in [-0.25, -0.2) is 0 Å². The molecule has 2 aliphatic rings. The molecule has 0 amide bonds. The average Bonchev–Trinajstić information content (AvgIpc) is 3.68. The Balaban J connectivity index is 1.50. The van der Waals surface area contributed by atoms with Crippen LogP contribution in [0.25, 0.3) is 16.3 Å². The Labute approximate surface area is 266 Å². The summed E-state index contributed by atoms with van der Waals surface area (Å²) >= 11 is 3.26. The second-order valence-corrected chi connectivity index (χ2v) is 15.9. The molecule has 234 valence electrons. The molecular weight excluding hydrogens is 641 g/mol. The predicted molar refractivity (Wildman–Crippen MR) is 177 cm³/mol. The van der Waals surface area contributed by atoms with E-state index in [0.29, 0.717) is 25.9 Å². The van der Waals surface area contributed by atoms with Crippen molar-refractivity contribution in [2.24, 2.45) is 0 Å². The molecule has 2 aliphatic heterocycles. The summed E-state index contributed by atoms with van der Waals surface area (Å²) in [6.07, 6.45) is 17.9. The summed E-state index contributed by atoms with van der Waals surface area (Å²) in [6.45, 7) is 3.14. The van der Waals surface area contributed by atoms with Gasteiger partial charge in [0, 0.05) is 54.8 Å². The van der Waals surface area contributed by atoms with E-state index in [4.69, 9.17) is 0 Å². The van der Waals surface area contributed by atoms with Crippen LogP contribution in [0.15, 0.2) is 70.5 Å². The van der Waals surface area contributed by atoms with Crippen molar-refractivity contribution in [1.82, 2.24) is 4.98 Å². The van der Waals surface area contributed by atoms with Crippen LogP contribution in [0, 0.1) is 0 Å². The van der Waals surface area contributed by atoms with Gasteiger partial charge < -0.3 is 4.90 Å². The Bertz CT molecular complexity index is 1880. The van der Waals surface area contributed by atoms with Crippen molar-refractivity contribution in [3.63, 3.8) is 0 Å². The van der Waals surface area contributed by atoms with Crippen molar-refractivity contribution >= 4 is 77.2 Å². The second kappa shape index (κ2) is 14.0. The lowest BCUT2D eigenvalue weighted by atomic mass is 10.1. The summed E-state index contributed by atoms with van der Waals surface area (Å²) < 4.78 is 69.1. The van der Waals surface area contributed by atoms with Crippen LogP contribution in [0.4, 0.5) is 11.4 Å². The molecule has 44 heavy (non-hydrogen) atoms. The maximum atomic E-state index is 11.4. The van der Waals surface area contributed by atoms with Gasteiger partial charge in [-0.3, -0.25) is 14.1 Å². The first-order valence-electron chi connectivity index (χ1n) is 14.5. The third-order valence-corrected chi connectivity index (χ3v) is 11.0. The zero-order chi connectivity index (χ0) is 31.3. The predicted octanol–water partition coefficient (Wildman–Crippen LogP) is 5.80. The average molecular weight is 677 g/mol. The van der Waals surface area contributed by atoms with Gasteiger partial charge in [-0.15, -0.1) is 0 Å². The fraction of sp³-hybridized carbons (Fsp3) is 0.367. The highest BCUT2D eigenvalue weighted by Gasteiger charge is 2.28. The summed E-state index contributed by atoms with van der Waals surface area (Å²) in [7, 11) is -8.08. The Morgan fingerprint density at radius 1 is 1.09 bits per heavy atom. The summed E-state index contributed by atoms with van der Waals surface area (Å²) in [5.74, 6) is -0.585. The first kappa shape index (κ1) is 32.5. The van der Waals surface area contributed by atoms with Crippen LogP contribution in [-0.4, -0.2) is 59.8 Å². The molecule has 1 aromatic carbocycles. The molecule has 3 aromatic rings. The molecule has 14 heteroatoms. The molecule has 0 radical (unpaired) electrons. The van der Waals surface area contributed by atoms with Gasteiger partial charge in [0.2, 0.25) is 11.2 Å². The third-order valence-electron chi connectivity index (χ3n) is 7.22. The molecule has 0 saturated heterocycles. The molecule has 10 nitrogen and oxygen atoms in total. The minimum Gasteiger partial charge on any atom is -0.335 e. The van der Waals surface area contributed by atoms with Gasteiger partial charge in [-0.1, -0.05) is 36.4 Å². The van der Waals surface area contributed by atoms with Crippen molar-refractivity contribution < 1.29 is 35.1 Å². The quantitative estimate of drug-likeness (QED) is 0.124. The standard InChI is InChI=1S/C30H34N4O6S4/c1-2-8-23(19-29-33(16-7-18-44(38,39)40)25-11-12-31-22-28(25)42-29)20-30-34(15-5-6-17-43(35,36)37)26-21-24(9-10-27(26)41-30)32-13-3-4-14-32/h3,9-14,19-22H,2,4-8,15-18H2,1H3/p+2. The van der Waals surface area contributed by atoms with Gasteiger partial charge in [0.25, 0.3) is 25.2 Å². The molecule has 0 saturated carbocycles. The highest BCUT2D eigenvalue weighted by molar-refractivity contribution is 8.03. The summed E-state index contributed by atoms with van der Waals surface area (Å²) in [5.41, 5.74) is 4.17. The van der Waals surface area contributed by atoms with Gasteiger partial charge in [0.1, 0.15) is 4.70 Å². The minimum absolute atomic E-state index is 0.271. The number of unbranched alkanes of at least 4 members (excludes halogenated alkanes) is 1. The zero-order valence-corrected chi connectivity index (χ0v) is 27.6. The topological polar surface area (TPSA) is 132 Å². The first-order chi connectivity index (χ1) is 21.0. The van der Waals surface area contributed by atoms with E-state index in [9.17, 15) is 25.9 Å². The molecule has 2 aromatic heterocycles. The van der Waals surface area contributed by atoms with Crippen molar-refractivity contribution in [3.05, 3.63) is 70.6 Å². The van der Waals surface area contributed by atoms with Crippen molar-refractivity contribution in [3.8, 4) is 0 Å². The number of allylic oxidation sites excluding steroid dienone is 3.